The third-order valence-corrected chi connectivity index (χ3v) is 3.33. The lowest BCUT2D eigenvalue weighted by Gasteiger charge is -2.04. The molecule has 0 saturated heterocycles. The van der Waals surface area contributed by atoms with Crippen LogP contribution in [0.4, 0.5) is 4.39 Å². The highest BCUT2D eigenvalue weighted by Gasteiger charge is 2.15. The maximum atomic E-state index is 13.3. The first-order valence-corrected chi connectivity index (χ1v) is 5.45. The molecule has 0 atom stereocenters. The largest absolute Gasteiger partial charge is 0.465 e. The van der Waals surface area contributed by atoms with Crippen LogP contribution in [0.2, 0.25) is 0 Å². The van der Waals surface area contributed by atoms with Gasteiger partial charge in [-0.1, -0.05) is 0 Å². The molecule has 0 fully saturated rings. The fourth-order valence-electron chi connectivity index (χ4n) is 0.794. The van der Waals surface area contributed by atoms with Crippen LogP contribution in [0.3, 0.4) is 0 Å². The molecule has 0 spiro atoms. The van der Waals surface area contributed by atoms with Gasteiger partial charge in [0.2, 0.25) is 0 Å². The molecule has 0 unspecified atom stereocenters. The maximum absolute atomic E-state index is 13.3. The van der Waals surface area contributed by atoms with Gasteiger partial charge in [0.25, 0.3) is 0 Å². The Labute approximate surface area is 102 Å². The predicted octanol–water partition coefficient (Wildman–Crippen LogP) is 2.82. The summed E-state index contributed by atoms with van der Waals surface area (Å²) in [6.45, 7) is 0. The highest BCUT2D eigenvalue weighted by molar-refractivity contribution is 14.1. The molecule has 2 nitrogen and oxygen atoms in total. The zero-order valence-corrected chi connectivity index (χ0v) is 10.9. The number of hydrogen-bond donors (Lipinski definition) is 0. The summed E-state index contributed by atoms with van der Waals surface area (Å²) in [7, 11) is 1.27. The first-order chi connectivity index (χ1) is 6.07. The second-order valence-corrected chi connectivity index (χ2v) is 4.46. The van der Waals surface area contributed by atoms with E-state index in [-0.39, 0.29) is 11.4 Å². The SMILES string of the molecule is COC(=O)c1ccc(I)c(F)c1I. The van der Waals surface area contributed by atoms with Crippen LogP contribution < -0.4 is 0 Å². The minimum Gasteiger partial charge on any atom is -0.465 e. The van der Waals surface area contributed by atoms with Crippen LogP contribution in [-0.2, 0) is 4.74 Å². The van der Waals surface area contributed by atoms with Crippen molar-refractivity contribution in [2.24, 2.45) is 0 Å². The Morgan fingerprint density at radius 2 is 2.08 bits per heavy atom. The quantitative estimate of drug-likeness (QED) is 0.408. The molecule has 1 rings (SSSR count). The average molecular weight is 406 g/mol. The minimum absolute atomic E-state index is 0.265. The van der Waals surface area contributed by atoms with Crippen LogP contribution in [-0.4, -0.2) is 13.1 Å². The van der Waals surface area contributed by atoms with Crippen molar-refractivity contribution >= 4 is 51.2 Å². The molecular weight excluding hydrogens is 401 g/mol. The molecule has 0 amide bonds. The van der Waals surface area contributed by atoms with Gasteiger partial charge in [-0.3, -0.25) is 0 Å². The summed E-state index contributed by atoms with van der Waals surface area (Å²) < 4.78 is 18.6. The standard InChI is InChI=1S/C8H5FI2O2/c1-13-8(12)4-2-3-5(10)6(9)7(4)11/h2-3H,1H3. The molecule has 0 aliphatic rings. The first kappa shape index (κ1) is 11.2. The lowest BCUT2D eigenvalue weighted by atomic mass is 10.2. The van der Waals surface area contributed by atoms with Crippen LogP contribution in [0, 0.1) is 13.0 Å². The highest BCUT2D eigenvalue weighted by atomic mass is 127. The third-order valence-electron chi connectivity index (χ3n) is 1.44. The van der Waals surface area contributed by atoms with E-state index in [9.17, 15) is 9.18 Å². The molecule has 0 N–H and O–H groups in total. The number of carbonyl (C=O) groups is 1. The van der Waals surface area contributed by atoms with Crippen LogP contribution in [0.15, 0.2) is 12.1 Å². The normalized spacial score (nSPS) is 9.85. The molecule has 0 saturated carbocycles. The van der Waals surface area contributed by atoms with Gasteiger partial charge in [0.1, 0.15) is 0 Å². The Bertz CT molecular complexity index is 352. The zero-order valence-electron chi connectivity index (χ0n) is 6.61. The van der Waals surface area contributed by atoms with Crippen molar-refractivity contribution in [3.05, 3.63) is 30.7 Å². The summed E-state index contributed by atoms with van der Waals surface area (Å²) in [4.78, 5) is 11.1. The average Bonchev–Trinajstić information content (AvgIpc) is 2.13. The number of esters is 1. The Morgan fingerprint density at radius 3 is 2.62 bits per heavy atom. The molecule has 0 aliphatic carbocycles. The zero-order chi connectivity index (χ0) is 10.0. The number of hydrogen-bond acceptors (Lipinski definition) is 2. The molecule has 1 aromatic rings. The van der Waals surface area contributed by atoms with E-state index >= 15 is 0 Å². The van der Waals surface area contributed by atoms with E-state index < -0.39 is 5.97 Å². The molecular formula is C8H5FI2O2. The van der Waals surface area contributed by atoms with Gasteiger partial charge in [0.05, 0.1) is 16.2 Å². The smallest absolute Gasteiger partial charge is 0.339 e. The number of methoxy groups -OCH3 is 1. The van der Waals surface area contributed by atoms with Crippen molar-refractivity contribution in [1.29, 1.82) is 0 Å². The van der Waals surface area contributed by atoms with Crippen molar-refractivity contribution < 1.29 is 13.9 Å². The summed E-state index contributed by atoms with van der Waals surface area (Å²) in [5.41, 5.74) is 0.265. The van der Waals surface area contributed by atoms with Gasteiger partial charge in [-0.05, 0) is 57.3 Å². The molecule has 70 valence electrons. The third kappa shape index (κ3) is 2.30. The number of benzene rings is 1. The van der Waals surface area contributed by atoms with Gasteiger partial charge in [-0.25, -0.2) is 9.18 Å². The second-order valence-electron chi connectivity index (χ2n) is 2.21. The fourth-order valence-corrected chi connectivity index (χ4v) is 2.45. The number of halogens is 3. The summed E-state index contributed by atoms with van der Waals surface area (Å²) in [5, 5.41) is 0. The van der Waals surface area contributed by atoms with Crippen molar-refractivity contribution in [1.82, 2.24) is 0 Å². The van der Waals surface area contributed by atoms with Gasteiger partial charge in [-0.15, -0.1) is 0 Å². The molecule has 5 heteroatoms. The second kappa shape index (κ2) is 4.54. The fraction of sp³-hybridized carbons (Fsp3) is 0.125. The summed E-state index contributed by atoms with van der Waals surface area (Å²) in [6, 6.07) is 3.10. The predicted molar refractivity (Wildman–Crippen MR) is 63.2 cm³/mol. The van der Waals surface area contributed by atoms with E-state index in [1.165, 1.54) is 7.11 Å². The Morgan fingerprint density at radius 1 is 1.46 bits per heavy atom. The lowest BCUT2D eigenvalue weighted by Crippen LogP contribution is -2.06. The van der Waals surface area contributed by atoms with Crippen LogP contribution in [0.5, 0.6) is 0 Å². The van der Waals surface area contributed by atoms with Gasteiger partial charge >= 0.3 is 5.97 Å². The van der Waals surface area contributed by atoms with Gasteiger partial charge in [-0.2, -0.15) is 0 Å². The Hall–Kier alpha value is 0.0800. The van der Waals surface area contributed by atoms with Crippen LogP contribution in [0.1, 0.15) is 10.4 Å². The molecule has 0 aromatic heterocycles. The monoisotopic (exact) mass is 406 g/mol. The van der Waals surface area contributed by atoms with E-state index in [1.54, 1.807) is 34.7 Å². The number of rotatable bonds is 1. The van der Waals surface area contributed by atoms with Crippen LogP contribution >= 0.6 is 45.2 Å². The Kier molecular flexibility index (Phi) is 3.89. The molecule has 13 heavy (non-hydrogen) atoms. The van der Waals surface area contributed by atoms with Crippen molar-refractivity contribution in [2.45, 2.75) is 0 Å². The maximum Gasteiger partial charge on any atom is 0.339 e. The summed E-state index contributed by atoms with van der Waals surface area (Å²) in [6.07, 6.45) is 0. The van der Waals surface area contributed by atoms with Gasteiger partial charge in [0, 0.05) is 3.57 Å². The van der Waals surface area contributed by atoms with E-state index in [2.05, 4.69) is 4.74 Å². The van der Waals surface area contributed by atoms with E-state index in [0.29, 0.717) is 7.14 Å². The number of carbonyl (C=O) groups excluding carboxylic acids is 1. The Balaban J connectivity index is 3.26. The highest BCUT2D eigenvalue weighted by Crippen LogP contribution is 2.21. The van der Waals surface area contributed by atoms with E-state index in [4.69, 9.17) is 0 Å². The molecule has 1 aromatic carbocycles. The van der Waals surface area contributed by atoms with Gasteiger partial charge < -0.3 is 4.74 Å². The summed E-state index contributed by atoms with van der Waals surface area (Å²) in [5.74, 6) is -0.885. The minimum atomic E-state index is -0.514. The lowest BCUT2D eigenvalue weighted by molar-refractivity contribution is 0.0599. The van der Waals surface area contributed by atoms with E-state index in [0.717, 1.165) is 0 Å². The van der Waals surface area contributed by atoms with Crippen molar-refractivity contribution in [2.75, 3.05) is 7.11 Å². The molecule has 0 radical (unpaired) electrons. The topological polar surface area (TPSA) is 26.3 Å². The first-order valence-electron chi connectivity index (χ1n) is 3.29. The summed E-state index contributed by atoms with van der Waals surface area (Å²) >= 11 is 3.66. The molecule has 0 heterocycles. The molecule has 0 aliphatic heterocycles. The van der Waals surface area contributed by atoms with Crippen molar-refractivity contribution in [3.63, 3.8) is 0 Å². The van der Waals surface area contributed by atoms with Gasteiger partial charge in [0.15, 0.2) is 5.82 Å². The van der Waals surface area contributed by atoms with E-state index in [1.807, 2.05) is 22.6 Å². The molecule has 0 bridgehead atoms. The van der Waals surface area contributed by atoms with Crippen molar-refractivity contribution in [3.8, 4) is 0 Å². The van der Waals surface area contributed by atoms with Crippen LogP contribution in [0.25, 0.3) is 0 Å². The number of ether oxygens (including phenoxy) is 1.